The molecular weight excluding hydrogens is 194 g/mol. The van der Waals surface area contributed by atoms with Crippen molar-refractivity contribution in [3.8, 4) is 0 Å². The zero-order valence-corrected chi connectivity index (χ0v) is 10.4. The highest BCUT2D eigenvalue weighted by atomic mass is 16.5. The number of rotatable bonds is 5. The Kier molecular flexibility index (Phi) is 5.24. The van der Waals surface area contributed by atoms with Crippen LogP contribution >= 0.6 is 0 Å². The van der Waals surface area contributed by atoms with Crippen LogP contribution in [0, 0.1) is 5.41 Å². The second-order valence-electron chi connectivity index (χ2n) is 5.44. The van der Waals surface area contributed by atoms with Gasteiger partial charge in [-0.15, -0.1) is 0 Å². The van der Waals surface area contributed by atoms with Crippen molar-refractivity contribution in [3.05, 3.63) is 0 Å². The molecule has 1 unspecified atom stereocenters. The van der Waals surface area contributed by atoms with Crippen molar-refractivity contribution in [2.75, 3.05) is 20.3 Å². The molecule has 1 atom stereocenters. The largest absolute Gasteiger partial charge is 0.386 e. The predicted molar refractivity (Wildman–Crippen MR) is 59.6 cm³/mol. The van der Waals surface area contributed by atoms with E-state index in [1.165, 1.54) is 7.11 Å². The van der Waals surface area contributed by atoms with Crippen LogP contribution in [0.2, 0.25) is 0 Å². The molecule has 0 bridgehead atoms. The maximum atomic E-state index is 11.4. The molecule has 0 rings (SSSR count). The minimum atomic E-state index is -0.998. The molecule has 15 heavy (non-hydrogen) atoms. The van der Waals surface area contributed by atoms with E-state index in [0.717, 1.165) is 0 Å². The van der Waals surface area contributed by atoms with Crippen molar-refractivity contribution < 1.29 is 14.6 Å². The van der Waals surface area contributed by atoms with Gasteiger partial charge in [0.05, 0.1) is 6.61 Å². The monoisotopic (exact) mass is 217 g/mol. The molecule has 0 fully saturated rings. The lowest BCUT2D eigenvalue weighted by atomic mass is 9.92. The number of carbonyl (C=O) groups excluding carboxylic acids is 1. The van der Waals surface area contributed by atoms with Gasteiger partial charge < -0.3 is 15.2 Å². The van der Waals surface area contributed by atoms with Gasteiger partial charge in [0.15, 0.2) is 0 Å². The zero-order valence-electron chi connectivity index (χ0n) is 10.4. The van der Waals surface area contributed by atoms with Gasteiger partial charge in [0.1, 0.15) is 5.60 Å². The van der Waals surface area contributed by atoms with E-state index < -0.39 is 5.60 Å². The number of amides is 1. The van der Waals surface area contributed by atoms with Gasteiger partial charge in [-0.1, -0.05) is 20.8 Å². The van der Waals surface area contributed by atoms with Crippen molar-refractivity contribution in [2.45, 2.75) is 39.7 Å². The van der Waals surface area contributed by atoms with Crippen LogP contribution in [0.3, 0.4) is 0 Å². The topological polar surface area (TPSA) is 58.6 Å². The number of aliphatic hydroxyl groups is 1. The SMILES string of the molecule is COCC(C)(O)CNC(=O)CC(C)(C)C. The highest BCUT2D eigenvalue weighted by Gasteiger charge is 2.22. The van der Waals surface area contributed by atoms with E-state index >= 15 is 0 Å². The van der Waals surface area contributed by atoms with Crippen LogP contribution in [-0.2, 0) is 9.53 Å². The van der Waals surface area contributed by atoms with Gasteiger partial charge in [0.2, 0.25) is 5.91 Å². The Morgan fingerprint density at radius 1 is 1.33 bits per heavy atom. The maximum Gasteiger partial charge on any atom is 0.220 e. The second-order valence-corrected chi connectivity index (χ2v) is 5.44. The average Bonchev–Trinajstić information content (AvgIpc) is 1.98. The van der Waals surface area contributed by atoms with Crippen LogP contribution in [0.25, 0.3) is 0 Å². The number of methoxy groups -OCH3 is 1. The molecule has 0 radical (unpaired) electrons. The summed E-state index contributed by atoms with van der Waals surface area (Å²) in [5.74, 6) is -0.0427. The van der Waals surface area contributed by atoms with Gasteiger partial charge in [-0.05, 0) is 12.3 Å². The molecule has 0 spiro atoms. The van der Waals surface area contributed by atoms with Crippen LogP contribution in [-0.4, -0.2) is 36.9 Å². The number of hydrogen-bond donors (Lipinski definition) is 2. The van der Waals surface area contributed by atoms with Crippen molar-refractivity contribution >= 4 is 5.91 Å². The fraction of sp³-hybridized carbons (Fsp3) is 0.909. The van der Waals surface area contributed by atoms with E-state index in [1.54, 1.807) is 6.92 Å². The number of carbonyl (C=O) groups is 1. The smallest absolute Gasteiger partial charge is 0.220 e. The fourth-order valence-corrected chi connectivity index (χ4v) is 1.20. The summed E-state index contributed by atoms with van der Waals surface area (Å²) in [6, 6.07) is 0. The third-order valence-electron chi connectivity index (χ3n) is 1.81. The molecule has 0 aromatic carbocycles. The summed E-state index contributed by atoms with van der Waals surface area (Å²) in [4.78, 5) is 11.4. The summed E-state index contributed by atoms with van der Waals surface area (Å²) in [5, 5.41) is 12.4. The highest BCUT2D eigenvalue weighted by Crippen LogP contribution is 2.17. The number of hydrogen-bond acceptors (Lipinski definition) is 3. The maximum absolute atomic E-state index is 11.4. The van der Waals surface area contributed by atoms with Crippen molar-refractivity contribution in [3.63, 3.8) is 0 Å². The summed E-state index contributed by atoms with van der Waals surface area (Å²) in [7, 11) is 1.52. The first-order valence-corrected chi connectivity index (χ1v) is 5.14. The normalized spacial score (nSPS) is 15.9. The molecular formula is C11H23NO3. The highest BCUT2D eigenvalue weighted by molar-refractivity contribution is 5.76. The lowest BCUT2D eigenvalue weighted by Crippen LogP contribution is -2.44. The van der Waals surface area contributed by atoms with Crippen LogP contribution in [0.4, 0.5) is 0 Å². The van der Waals surface area contributed by atoms with Crippen molar-refractivity contribution in [1.29, 1.82) is 0 Å². The molecule has 4 nitrogen and oxygen atoms in total. The predicted octanol–water partition coefficient (Wildman–Crippen LogP) is 0.936. The Bertz CT molecular complexity index is 206. The molecule has 4 heteroatoms. The van der Waals surface area contributed by atoms with Gasteiger partial charge in [-0.25, -0.2) is 0 Å². The minimum absolute atomic E-state index is 0.0306. The first-order valence-electron chi connectivity index (χ1n) is 5.14. The standard InChI is InChI=1S/C11H23NO3/c1-10(2,3)6-9(13)12-7-11(4,14)8-15-5/h14H,6-8H2,1-5H3,(H,12,13). The van der Waals surface area contributed by atoms with Crippen molar-refractivity contribution in [2.24, 2.45) is 5.41 Å². The van der Waals surface area contributed by atoms with E-state index in [1.807, 2.05) is 20.8 Å². The minimum Gasteiger partial charge on any atom is -0.386 e. The molecule has 1 amide bonds. The molecule has 0 aromatic heterocycles. The van der Waals surface area contributed by atoms with Crippen LogP contribution in [0.1, 0.15) is 34.1 Å². The van der Waals surface area contributed by atoms with Crippen LogP contribution in [0.15, 0.2) is 0 Å². The van der Waals surface area contributed by atoms with Crippen LogP contribution < -0.4 is 5.32 Å². The summed E-state index contributed by atoms with van der Waals surface area (Å²) >= 11 is 0. The van der Waals surface area contributed by atoms with Gasteiger partial charge >= 0.3 is 0 Å². The van der Waals surface area contributed by atoms with E-state index in [9.17, 15) is 9.90 Å². The van der Waals surface area contributed by atoms with E-state index in [2.05, 4.69) is 5.32 Å². The molecule has 0 aliphatic rings. The summed E-state index contributed by atoms with van der Waals surface area (Å²) in [5.41, 5.74) is -1.03. The van der Waals surface area contributed by atoms with Gasteiger partial charge in [0.25, 0.3) is 0 Å². The van der Waals surface area contributed by atoms with Crippen LogP contribution in [0.5, 0.6) is 0 Å². The Labute approximate surface area is 92.0 Å². The molecule has 0 heterocycles. The molecule has 0 saturated heterocycles. The lowest BCUT2D eigenvalue weighted by molar-refractivity contribution is -0.124. The number of ether oxygens (including phenoxy) is 1. The second kappa shape index (κ2) is 5.47. The summed E-state index contributed by atoms with van der Waals surface area (Å²) in [6.07, 6.45) is 0.454. The molecule has 2 N–H and O–H groups in total. The average molecular weight is 217 g/mol. The van der Waals surface area contributed by atoms with E-state index in [4.69, 9.17) is 4.74 Å². The van der Waals surface area contributed by atoms with Gasteiger partial charge in [-0.2, -0.15) is 0 Å². The molecule has 0 aliphatic carbocycles. The molecule has 0 aromatic rings. The molecule has 0 saturated carbocycles. The van der Waals surface area contributed by atoms with Crippen molar-refractivity contribution in [1.82, 2.24) is 5.32 Å². The summed E-state index contributed by atoms with van der Waals surface area (Å²) < 4.78 is 4.84. The Hall–Kier alpha value is -0.610. The zero-order chi connectivity index (χ0) is 12.1. The third-order valence-corrected chi connectivity index (χ3v) is 1.81. The first-order chi connectivity index (χ1) is 6.66. The Balaban J connectivity index is 3.90. The first kappa shape index (κ1) is 14.4. The third kappa shape index (κ3) is 8.39. The van der Waals surface area contributed by atoms with Gasteiger partial charge in [0, 0.05) is 20.1 Å². The quantitative estimate of drug-likeness (QED) is 0.720. The Morgan fingerprint density at radius 2 is 1.87 bits per heavy atom. The van der Waals surface area contributed by atoms with E-state index in [-0.39, 0.29) is 24.5 Å². The molecule has 0 aliphatic heterocycles. The Morgan fingerprint density at radius 3 is 2.27 bits per heavy atom. The number of nitrogens with one attached hydrogen (secondary N) is 1. The van der Waals surface area contributed by atoms with Gasteiger partial charge in [-0.3, -0.25) is 4.79 Å². The lowest BCUT2D eigenvalue weighted by Gasteiger charge is -2.24. The molecule has 90 valence electrons. The van der Waals surface area contributed by atoms with E-state index in [0.29, 0.717) is 6.42 Å². The summed E-state index contributed by atoms with van der Waals surface area (Å²) in [6.45, 7) is 8.06. The fourth-order valence-electron chi connectivity index (χ4n) is 1.20.